The molecule has 1 fully saturated rings. The first-order valence-electron chi connectivity index (χ1n) is 7.82. The van der Waals surface area contributed by atoms with Gasteiger partial charge < -0.3 is 15.2 Å². The van der Waals surface area contributed by atoms with Crippen LogP contribution in [0.25, 0.3) is 0 Å². The van der Waals surface area contributed by atoms with Crippen molar-refractivity contribution in [2.24, 2.45) is 5.92 Å². The predicted octanol–water partition coefficient (Wildman–Crippen LogP) is 3.29. The molecule has 1 atom stereocenters. The minimum atomic E-state index is -0.462. The lowest BCUT2D eigenvalue weighted by atomic mass is 9.87. The van der Waals surface area contributed by atoms with Gasteiger partial charge in [-0.05, 0) is 36.6 Å². The molecule has 0 heterocycles. The third-order valence-electron chi connectivity index (χ3n) is 4.27. The van der Waals surface area contributed by atoms with E-state index in [1.165, 1.54) is 38.5 Å². The average molecular weight is 277 g/mol. The van der Waals surface area contributed by atoms with E-state index in [9.17, 15) is 5.11 Å². The number of nitrogens with one attached hydrogen (secondary N) is 1. The summed E-state index contributed by atoms with van der Waals surface area (Å²) in [6.07, 6.45) is 7.77. The smallest absolute Gasteiger partial charge is 0.119 e. The van der Waals surface area contributed by atoms with Crippen LogP contribution < -0.4 is 10.1 Å². The molecule has 0 radical (unpaired) electrons. The number of ether oxygens (including phenoxy) is 1. The van der Waals surface area contributed by atoms with Crippen molar-refractivity contribution < 1.29 is 9.84 Å². The molecule has 1 aliphatic carbocycles. The maximum atomic E-state index is 10.2. The average Bonchev–Trinajstić information content (AvgIpc) is 2.52. The Kier molecular flexibility index (Phi) is 6.34. The van der Waals surface area contributed by atoms with Gasteiger partial charge in [-0.1, -0.05) is 44.2 Å². The molecule has 1 aromatic rings. The van der Waals surface area contributed by atoms with Crippen LogP contribution in [0.2, 0.25) is 0 Å². The zero-order valence-corrected chi connectivity index (χ0v) is 12.5. The first-order chi connectivity index (χ1) is 9.79. The lowest BCUT2D eigenvalue weighted by Gasteiger charge is -2.22. The number of aliphatic hydroxyl groups excluding tert-OH is 1. The third-order valence-corrected chi connectivity index (χ3v) is 4.27. The quantitative estimate of drug-likeness (QED) is 0.751. The lowest BCUT2D eigenvalue weighted by molar-refractivity contribution is 0.173. The molecule has 1 aromatic carbocycles. The second-order valence-electron chi connectivity index (χ2n) is 5.79. The van der Waals surface area contributed by atoms with E-state index in [1.807, 2.05) is 24.3 Å². The first-order valence-corrected chi connectivity index (χ1v) is 7.82. The van der Waals surface area contributed by atoms with E-state index in [-0.39, 0.29) is 0 Å². The van der Waals surface area contributed by atoms with E-state index in [2.05, 4.69) is 5.32 Å². The van der Waals surface area contributed by atoms with Gasteiger partial charge in [-0.25, -0.2) is 0 Å². The largest absolute Gasteiger partial charge is 0.497 e. The minimum Gasteiger partial charge on any atom is -0.497 e. The SMILES string of the molecule is COc1cccc(C(O)CNCCC2CCCCC2)c1. The first kappa shape index (κ1) is 15.3. The van der Waals surface area contributed by atoms with E-state index in [0.29, 0.717) is 6.54 Å². The molecule has 1 aliphatic rings. The predicted molar refractivity (Wildman–Crippen MR) is 82.0 cm³/mol. The molecule has 2 N–H and O–H groups in total. The maximum Gasteiger partial charge on any atom is 0.119 e. The molecular weight excluding hydrogens is 250 g/mol. The Morgan fingerprint density at radius 3 is 2.85 bits per heavy atom. The van der Waals surface area contributed by atoms with Crippen molar-refractivity contribution in [3.8, 4) is 5.75 Å². The van der Waals surface area contributed by atoms with Crippen LogP contribution in [0.5, 0.6) is 5.75 Å². The van der Waals surface area contributed by atoms with Crippen molar-refractivity contribution in [1.82, 2.24) is 5.32 Å². The van der Waals surface area contributed by atoms with Gasteiger partial charge in [-0.2, -0.15) is 0 Å². The molecule has 3 heteroatoms. The van der Waals surface area contributed by atoms with Crippen LogP contribution in [-0.4, -0.2) is 25.3 Å². The summed E-state index contributed by atoms with van der Waals surface area (Å²) in [5.41, 5.74) is 0.912. The van der Waals surface area contributed by atoms with Gasteiger partial charge in [0, 0.05) is 6.54 Å². The Labute approximate surface area is 122 Å². The van der Waals surface area contributed by atoms with Gasteiger partial charge in [0.25, 0.3) is 0 Å². The highest BCUT2D eigenvalue weighted by molar-refractivity contribution is 5.29. The molecule has 112 valence electrons. The summed E-state index contributed by atoms with van der Waals surface area (Å²) in [7, 11) is 1.65. The summed E-state index contributed by atoms with van der Waals surface area (Å²) < 4.78 is 5.18. The lowest BCUT2D eigenvalue weighted by Crippen LogP contribution is -2.24. The van der Waals surface area contributed by atoms with Crippen LogP contribution >= 0.6 is 0 Å². The molecule has 3 nitrogen and oxygen atoms in total. The van der Waals surface area contributed by atoms with E-state index in [4.69, 9.17) is 4.74 Å². The van der Waals surface area contributed by atoms with Crippen molar-refractivity contribution >= 4 is 0 Å². The van der Waals surface area contributed by atoms with E-state index in [0.717, 1.165) is 23.8 Å². The van der Waals surface area contributed by atoms with Crippen LogP contribution in [-0.2, 0) is 0 Å². The van der Waals surface area contributed by atoms with Gasteiger partial charge in [0.15, 0.2) is 0 Å². The van der Waals surface area contributed by atoms with Crippen molar-refractivity contribution in [2.75, 3.05) is 20.2 Å². The van der Waals surface area contributed by atoms with Crippen molar-refractivity contribution in [3.63, 3.8) is 0 Å². The van der Waals surface area contributed by atoms with Gasteiger partial charge in [0.2, 0.25) is 0 Å². The minimum absolute atomic E-state index is 0.462. The second kappa shape index (κ2) is 8.28. The van der Waals surface area contributed by atoms with E-state index >= 15 is 0 Å². The van der Waals surface area contributed by atoms with Gasteiger partial charge >= 0.3 is 0 Å². The number of benzene rings is 1. The molecule has 1 unspecified atom stereocenters. The molecule has 1 saturated carbocycles. The Morgan fingerprint density at radius 1 is 1.30 bits per heavy atom. The fourth-order valence-corrected chi connectivity index (χ4v) is 2.99. The highest BCUT2D eigenvalue weighted by atomic mass is 16.5. The molecule has 0 bridgehead atoms. The number of rotatable bonds is 7. The van der Waals surface area contributed by atoms with E-state index in [1.54, 1.807) is 7.11 Å². The summed E-state index contributed by atoms with van der Waals surface area (Å²) in [5.74, 6) is 1.69. The van der Waals surface area contributed by atoms with Gasteiger partial charge in [-0.3, -0.25) is 0 Å². The normalized spacial score (nSPS) is 17.9. The van der Waals surface area contributed by atoms with Crippen LogP contribution in [0, 0.1) is 5.92 Å². The molecule has 0 spiro atoms. The van der Waals surface area contributed by atoms with Crippen LogP contribution in [0.15, 0.2) is 24.3 Å². The van der Waals surface area contributed by atoms with E-state index < -0.39 is 6.10 Å². The number of hydrogen-bond acceptors (Lipinski definition) is 3. The summed E-state index contributed by atoms with van der Waals surface area (Å²) in [6.45, 7) is 1.62. The Bertz CT molecular complexity index is 388. The zero-order valence-electron chi connectivity index (χ0n) is 12.5. The molecule has 20 heavy (non-hydrogen) atoms. The topological polar surface area (TPSA) is 41.5 Å². The van der Waals surface area contributed by atoms with Crippen molar-refractivity contribution in [2.45, 2.75) is 44.6 Å². The summed E-state index contributed by atoms with van der Waals surface area (Å²) in [6, 6.07) is 7.65. The zero-order chi connectivity index (χ0) is 14.2. The second-order valence-corrected chi connectivity index (χ2v) is 5.79. The summed E-state index contributed by atoms with van der Waals surface area (Å²) >= 11 is 0. The maximum absolute atomic E-state index is 10.2. The van der Waals surface area contributed by atoms with Crippen LogP contribution in [0.4, 0.5) is 0 Å². The molecule has 0 aromatic heterocycles. The fourth-order valence-electron chi connectivity index (χ4n) is 2.99. The Morgan fingerprint density at radius 2 is 2.10 bits per heavy atom. The molecule has 0 amide bonds. The van der Waals surface area contributed by atoms with Crippen molar-refractivity contribution in [3.05, 3.63) is 29.8 Å². The third kappa shape index (κ3) is 4.80. The number of aliphatic hydroxyl groups is 1. The number of methoxy groups -OCH3 is 1. The highest BCUT2D eigenvalue weighted by Gasteiger charge is 2.13. The standard InChI is InChI=1S/C17H27NO2/c1-20-16-9-5-8-15(12-16)17(19)13-18-11-10-14-6-3-2-4-7-14/h5,8-9,12,14,17-19H,2-4,6-7,10-11,13H2,1H3. The van der Waals surface area contributed by atoms with Crippen LogP contribution in [0.1, 0.15) is 50.2 Å². The summed E-state index contributed by atoms with van der Waals surface area (Å²) in [5, 5.41) is 13.5. The fraction of sp³-hybridized carbons (Fsp3) is 0.647. The van der Waals surface area contributed by atoms with Crippen molar-refractivity contribution in [1.29, 1.82) is 0 Å². The Hall–Kier alpha value is -1.06. The number of hydrogen-bond donors (Lipinski definition) is 2. The molecule has 0 saturated heterocycles. The molecular formula is C17H27NO2. The summed E-state index contributed by atoms with van der Waals surface area (Å²) in [4.78, 5) is 0. The Balaban J connectivity index is 1.67. The highest BCUT2D eigenvalue weighted by Crippen LogP contribution is 2.25. The van der Waals surface area contributed by atoms with Gasteiger partial charge in [-0.15, -0.1) is 0 Å². The van der Waals surface area contributed by atoms with Gasteiger partial charge in [0.05, 0.1) is 13.2 Å². The molecule has 0 aliphatic heterocycles. The van der Waals surface area contributed by atoms with Crippen LogP contribution in [0.3, 0.4) is 0 Å². The van der Waals surface area contributed by atoms with Gasteiger partial charge in [0.1, 0.15) is 5.75 Å². The monoisotopic (exact) mass is 277 g/mol. The molecule has 2 rings (SSSR count).